The first-order valence-corrected chi connectivity index (χ1v) is 4.87. The van der Waals surface area contributed by atoms with Gasteiger partial charge in [-0.05, 0) is 44.1 Å². The van der Waals surface area contributed by atoms with Crippen LogP contribution >= 0.6 is 0 Å². The van der Waals surface area contributed by atoms with Crippen molar-refractivity contribution in [3.8, 4) is 0 Å². The Morgan fingerprint density at radius 3 is 2.71 bits per heavy atom. The van der Waals surface area contributed by atoms with Gasteiger partial charge in [0.15, 0.2) is 0 Å². The Morgan fingerprint density at radius 2 is 2.00 bits per heavy atom. The van der Waals surface area contributed by atoms with Crippen LogP contribution in [0.1, 0.15) is 5.56 Å². The van der Waals surface area contributed by atoms with Crippen LogP contribution in [0, 0.1) is 6.92 Å². The van der Waals surface area contributed by atoms with Gasteiger partial charge in [-0.2, -0.15) is 0 Å². The maximum atomic E-state index is 2.27. The number of fused-ring (bicyclic) bond motifs is 1. The van der Waals surface area contributed by atoms with Gasteiger partial charge in [0.1, 0.15) is 0 Å². The summed E-state index contributed by atoms with van der Waals surface area (Å²) < 4.78 is 2.27. The number of aryl methyl sites for hydroxylation is 1. The van der Waals surface area contributed by atoms with Crippen molar-refractivity contribution < 1.29 is 0 Å². The van der Waals surface area contributed by atoms with E-state index in [9.17, 15) is 0 Å². The summed E-state index contributed by atoms with van der Waals surface area (Å²) in [6.07, 6.45) is 2.14. The third-order valence-corrected chi connectivity index (χ3v) is 2.36. The molecule has 1 heterocycles. The van der Waals surface area contributed by atoms with Gasteiger partial charge in [0, 0.05) is 11.7 Å². The highest BCUT2D eigenvalue weighted by atomic mass is 15.2. The van der Waals surface area contributed by atoms with E-state index in [1.165, 1.54) is 16.5 Å². The van der Waals surface area contributed by atoms with Crippen LogP contribution in [-0.4, -0.2) is 23.6 Å². The highest BCUT2D eigenvalue weighted by Crippen LogP contribution is 2.17. The standard InChI is InChI=1S/C12H16N2/c1-10-4-5-11-6-7-14(9-13(2)3)12(11)8-10/h4-8H,9H2,1-3H3. The molecule has 0 amide bonds. The Kier molecular flexibility index (Phi) is 2.30. The van der Waals surface area contributed by atoms with Gasteiger partial charge in [0.25, 0.3) is 0 Å². The maximum Gasteiger partial charge on any atom is 0.0746 e. The van der Waals surface area contributed by atoms with Crippen molar-refractivity contribution in [1.82, 2.24) is 9.47 Å². The van der Waals surface area contributed by atoms with Crippen LogP contribution in [0.3, 0.4) is 0 Å². The van der Waals surface area contributed by atoms with Crippen molar-refractivity contribution in [1.29, 1.82) is 0 Å². The lowest BCUT2D eigenvalue weighted by atomic mass is 10.2. The van der Waals surface area contributed by atoms with Gasteiger partial charge in [-0.1, -0.05) is 12.1 Å². The lowest BCUT2D eigenvalue weighted by molar-refractivity contribution is 0.333. The van der Waals surface area contributed by atoms with Crippen LogP contribution in [0.15, 0.2) is 30.5 Å². The minimum absolute atomic E-state index is 0.937. The average Bonchev–Trinajstić information content (AvgIpc) is 2.47. The molecule has 0 saturated carbocycles. The van der Waals surface area contributed by atoms with E-state index in [1.807, 2.05) is 0 Å². The zero-order valence-electron chi connectivity index (χ0n) is 8.99. The van der Waals surface area contributed by atoms with Crippen molar-refractivity contribution in [2.75, 3.05) is 14.1 Å². The molecule has 0 spiro atoms. The molecule has 0 saturated heterocycles. The molecule has 1 aromatic heterocycles. The van der Waals surface area contributed by atoms with Crippen LogP contribution in [0.25, 0.3) is 10.9 Å². The molecule has 0 N–H and O–H groups in total. The molecule has 14 heavy (non-hydrogen) atoms. The number of rotatable bonds is 2. The van der Waals surface area contributed by atoms with E-state index in [0.717, 1.165) is 6.67 Å². The quantitative estimate of drug-likeness (QED) is 0.703. The van der Waals surface area contributed by atoms with E-state index >= 15 is 0 Å². The first-order chi connectivity index (χ1) is 6.66. The van der Waals surface area contributed by atoms with E-state index in [1.54, 1.807) is 0 Å². The second-order valence-corrected chi connectivity index (χ2v) is 4.07. The number of hydrogen-bond acceptors (Lipinski definition) is 1. The normalized spacial score (nSPS) is 11.4. The predicted molar refractivity (Wildman–Crippen MR) is 60.4 cm³/mol. The zero-order valence-corrected chi connectivity index (χ0v) is 8.99. The number of aromatic nitrogens is 1. The van der Waals surface area contributed by atoms with Crippen LogP contribution in [0.5, 0.6) is 0 Å². The fraction of sp³-hybridized carbons (Fsp3) is 0.333. The van der Waals surface area contributed by atoms with Crippen molar-refractivity contribution in [3.05, 3.63) is 36.0 Å². The fourth-order valence-corrected chi connectivity index (χ4v) is 1.72. The molecular weight excluding hydrogens is 172 g/mol. The average molecular weight is 188 g/mol. The maximum absolute atomic E-state index is 2.27. The second-order valence-electron chi connectivity index (χ2n) is 4.07. The third-order valence-electron chi connectivity index (χ3n) is 2.36. The monoisotopic (exact) mass is 188 g/mol. The molecule has 0 atom stereocenters. The molecule has 2 nitrogen and oxygen atoms in total. The van der Waals surface area contributed by atoms with Gasteiger partial charge in [-0.3, -0.25) is 4.90 Å². The van der Waals surface area contributed by atoms with E-state index in [-0.39, 0.29) is 0 Å². The fourth-order valence-electron chi connectivity index (χ4n) is 1.72. The molecule has 0 aliphatic rings. The van der Waals surface area contributed by atoms with Gasteiger partial charge < -0.3 is 4.57 Å². The van der Waals surface area contributed by atoms with E-state index in [2.05, 4.69) is 60.9 Å². The topological polar surface area (TPSA) is 8.17 Å². The molecule has 1 aromatic carbocycles. The molecule has 0 fully saturated rings. The van der Waals surface area contributed by atoms with Crippen LogP contribution in [-0.2, 0) is 6.67 Å². The second kappa shape index (κ2) is 3.46. The molecule has 0 aliphatic carbocycles. The van der Waals surface area contributed by atoms with E-state index in [0.29, 0.717) is 0 Å². The Labute approximate surface area is 84.8 Å². The van der Waals surface area contributed by atoms with Crippen molar-refractivity contribution in [3.63, 3.8) is 0 Å². The SMILES string of the molecule is Cc1ccc2ccn(CN(C)C)c2c1. The highest BCUT2D eigenvalue weighted by Gasteiger charge is 2.01. The summed E-state index contributed by atoms with van der Waals surface area (Å²) in [4.78, 5) is 2.17. The molecule has 2 heteroatoms. The molecule has 0 unspecified atom stereocenters. The summed E-state index contributed by atoms with van der Waals surface area (Å²) in [6, 6.07) is 8.73. The zero-order chi connectivity index (χ0) is 10.1. The van der Waals surface area contributed by atoms with Gasteiger partial charge in [0.05, 0.1) is 6.67 Å². The molecule has 0 aliphatic heterocycles. The first kappa shape index (κ1) is 9.28. The first-order valence-electron chi connectivity index (χ1n) is 4.87. The largest absolute Gasteiger partial charge is 0.334 e. The summed E-state index contributed by atoms with van der Waals surface area (Å²) in [5.74, 6) is 0. The number of hydrogen-bond donors (Lipinski definition) is 0. The minimum Gasteiger partial charge on any atom is -0.334 e. The number of benzene rings is 1. The Morgan fingerprint density at radius 1 is 1.21 bits per heavy atom. The lowest BCUT2D eigenvalue weighted by Crippen LogP contribution is -2.15. The predicted octanol–water partition coefficient (Wildman–Crippen LogP) is 2.47. The summed E-state index contributed by atoms with van der Waals surface area (Å²) in [7, 11) is 4.17. The highest BCUT2D eigenvalue weighted by molar-refractivity contribution is 5.80. The Bertz CT molecular complexity index is 441. The lowest BCUT2D eigenvalue weighted by Gasteiger charge is -2.12. The van der Waals surface area contributed by atoms with Crippen LogP contribution < -0.4 is 0 Å². The Hall–Kier alpha value is -1.28. The summed E-state index contributed by atoms with van der Waals surface area (Å²) in [5.41, 5.74) is 2.63. The smallest absolute Gasteiger partial charge is 0.0746 e. The van der Waals surface area contributed by atoms with Crippen molar-refractivity contribution >= 4 is 10.9 Å². The summed E-state index contributed by atoms with van der Waals surface area (Å²) in [5, 5.41) is 1.32. The molecular formula is C12H16N2. The molecule has 2 aromatic rings. The Balaban J connectivity index is 2.50. The van der Waals surface area contributed by atoms with E-state index in [4.69, 9.17) is 0 Å². The van der Waals surface area contributed by atoms with Gasteiger partial charge in [-0.25, -0.2) is 0 Å². The van der Waals surface area contributed by atoms with Crippen molar-refractivity contribution in [2.24, 2.45) is 0 Å². The van der Waals surface area contributed by atoms with Gasteiger partial charge >= 0.3 is 0 Å². The minimum atomic E-state index is 0.937. The van der Waals surface area contributed by atoms with Crippen LogP contribution in [0.2, 0.25) is 0 Å². The number of nitrogens with zero attached hydrogens (tertiary/aromatic N) is 2. The van der Waals surface area contributed by atoms with E-state index < -0.39 is 0 Å². The van der Waals surface area contributed by atoms with Gasteiger partial charge in [-0.15, -0.1) is 0 Å². The summed E-state index contributed by atoms with van der Waals surface area (Å²) >= 11 is 0. The van der Waals surface area contributed by atoms with Crippen LogP contribution in [0.4, 0.5) is 0 Å². The third kappa shape index (κ3) is 1.66. The molecule has 2 rings (SSSR count). The van der Waals surface area contributed by atoms with Gasteiger partial charge in [0.2, 0.25) is 0 Å². The molecule has 74 valence electrons. The molecule has 0 radical (unpaired) electrons. The molecule has 0 bridgehead atoms. The van der Waals surface area contributed by atoms with Crippen molar-refractivity contribution in [2.45, 2.75) is 13.6 Å². The summed E-state index contributed by atoms with van der Waals surface area (Å²) in [6.45, 7) is 3.07.